The molecule has 0 radical (unpaired) electrons. The van der Waals surface area contributed by atoms with Gasteiger partial charge < -0.3 is 5.32 Å². The molecular formula is C12H21NO. The topological polar surface area (TPSA) is 29.1 Å². The molecule has 14 heavy (non-hydrogen) atoms. The Morgan fingerprint density at radius 2 is 1.79 bits per heavy atom. The van der Waals surface area contributed by atoms with E-state index in [1.54, 1.807) is 0 Å². The Labute approximate surface area is 86.5 Å². The number of hydrogen-bond acceptors (Lipinski definition) is 1. The molecule has 0 heterocycles. The largest absolute Gasteiger partial charge is 0.353 e. The zero-order valence-corrected chi connectivity index (χ0v) is 9.09. The van der Waals surface area contributed by atoms with Crippen LogP contribution < -0.4 is 5.32 Å². The van der Waals surface area contributed by atoms with Crippen LogP contribution in [0.1, 0.15) is 51.9 Å². The third kappa shape index (κ3) is 2.49. The fourth-order valence-corrected chi connectivity index (χ4v) is 2.44. The number of hydrogen-bond donors (Lipinski definition) is 1. The Morgan fingerprint density at radius 1 is 1.14 bits per heavy atom. The molecule has 0 aromatic carbocycles. The van der Waals surface area contributed by atoms with Crippen LogP contribution >= 0.6 is 0 Å². The SMILES string of the molecule is C[C@@H](NC(=O)C1CC1)C1CCCCC1. The van der Waals surface area contributed by atoms with Crippen molar-refractivity contribution in [3.05, 3.63) is 0 Å². The Hall–Kier alpha value is -0.530. The van der Waals surface area contributed by atoms with Crippen molar-refractivity contribution in [3.8, 4) is 0 Å². The third-order valence-electron chi connectivity index (χ3n) is 3.68. The summed E-state index contributed by atoms with van der Waals surface area (Å²) in [4.78, 5) is 11.5. The number of amides is 1. The quantitative estimate of drug-likeness (QED) is 0.736. The second-order valence-electron chi connectivity index (χ2n) is 4.97. The van der Waals surface area contributed by atoms with Gasteiger partial charge >= 0.3 is 0 Å². The number of carbonyl (C=O) groups is 1. The van der Waals surface area contributed by atoms with E-state index in [0.717, 1.165) is 18.8 Å². The van der Waals surface area contributed by atoms with Crippen LogP contribution in [-0.2, 0) is 4.79 Å². The van der Waals surface area contributed by atoms with Crippen molar-refractivity contribution in [2.45, 2.75) is 57.9 Å². The Kier molecular flexibility index (Phi) is 3.09. The van der Waals surface area contributed by atoms with Gasteiger partial charge in [-0.15, -0.1) is 0 Å². The van der Waals surface area contributed by atoms with Crippen LogP contribution in [0.3, 0.4) is 0 Å². The van der Waals surface area contributed by atoms with Crippen molar-refractivity contribution >= 4 is 5.91 Å². The summed E-state index contributed by atoms with van der Waals surface area (Å²) in [5, 5.41) is 3.17. The molecule has 1 amide bonds. The molecule has 2 rings (SSSR count). The maximum Gasteiger partial charge on any atom is 0.223 e. The molecule has 80 valence electrons. The van der Waals surface area contributed by atoms with Crippen molar-refractivity contribution in [1.82, 2.24) is 5.32 Å². The summed E-state index contributed by atoms with van der Waals surface area (Å²) < 4.78 is 0. The molecule has 2 aliphatic carbocycles. The minimum Gasteiger partial charge on any atom is -0.353 e. The van der Waals surface area contributed by atoms with E-state index in [-0.39, 0.29) is 0 Å². The van der Waals surface area contributed by atoms with E-state index in [1.807, 2.05) is 0 Å². The van der Waals surface area contributed by atoms with Gasteiger partial charge in [0.15, 0.2) is 0 Å². The molecule has 0 saturated heterocycles. The lowest BCUT2D eigenvalue weighted by molar-refractivity contribution is -0.123. The molecule has 2 fully saturated rings. The van der Waals surface area contributed by atoms with Crippen LogP contribution in [-0.4, -0.2) is 11.9 Å². The maximum absolute atomic E-state index is 11.5. The van der Waals surface area contributed by atoms with E-state index in [2.05, 4.69) is 12.2 Å². The van der Waals surface area contributed by atoms with Crippen molar-refractivity contribution in [1.29, 1.82) is 0 Å². The maximum atomic E-state index is 11.5. The fourth-order valence-electron chi connectivity index (χ4n) is 2.44. The molecule has 2 heteroatoms. The van der Waals surface area contributed by atoms with Gasteiger partial charge in [-0.05, 0) is 38.5 Å². The lowest BCUT2D eigenvalue weighted by Crippen LogP contribution is -2.39. The van der Waals surface area contributed by atoms with E-state index in [1.165, 1.54) is 32.1 Å². The molecule has 0 aliphatic heterocycles. The molecule has 0 aromatic heterocycles. The van der Waals surface area contributed by atoms with Crippen LogP contribution in [0.2, 0.25) is 0 Å². The first-order chi connectivity index (χ1) is 6.77. The highest BCUT2D eigenvalue weighted by atomic mass is 16.2. The first kappa shape index (κ1) is 10.0. The van der Waals surface area contributed by atoms with E-state index < -0.39 is 0 Å². The second-order valence-corrected chi connectivity index (χ2v) is 4.97. The zero-order chi connectivity index (χ0) is 9.97. The summed E-state index contributed by atoms with van der Waals surface area (Å²) in [5.74, 6) is 1.41. The summed E-state index contributed by atoms with van der Waals surface area (Å²) in [5.41, 5.74) is 0. The summed E-state index contributed by atoms with van der Waals surface area (Å²) in [7, 11) is 0. The van der Waals surface area contributed by atoms with Crippen molar-refractivity contribution < 1.29 is 4.79 Å². The predicted octanol–water partition coefficient (Wildman–Crippen LogP) is 2.48. The normalized spacial score (nSPS) is 25.8. The van der Waals surface area contributed by atoms with E-state index in [4.69, 9.17) is 0 Å². The van der Waals surface area contributed by atoms with Crippen molar-refractivity contribution in [2.24, 2.45) is 11.8 Å². The highest BCUT2D eigenvalue weighted by Crippen LogP contribution is 2.30. The highest BCUT2D eigenvalue weighted by Gasteiger charge is 2.31. The molecule has 2 aliphatic rings. The van der Waals surface area contributed by atoms with Gasteiger partial charge in [-0.3, -0.25) is 4.79 Å². The molecule has 1 N–H and O–H groups in total. The predicted molar refractivity (Wildman–Crippen MR) is 56.9 cm³/mol. The number of nitrogens with one attached hydrogen (secondary N) is 1. The minimum atomic E-state index is 0.308. The zero-order valence-electron chi connectivity index (χ0n) is 9.09. The van der Waals surface area contributed by atoms with E-state index >= 15 is 0 Å². The average Bonchev–Trinajstić information content (AvgIpc) is 3.02. The van der Waals surface area contributed by atoms with Crippen molar-refractivity contribution in [2.75, 3.05) is 0 Å². The smallest absolute Gasteiger partial charge is 0.223 e. The molecule has 0 spiro atoms. The molecular weight excluding hydrogens is 174 g/mol. The van der Waals surface area contributed by atoms with Gasteiger partial charge in [-0.25, -0.2) is 0 Å². The van der Waals surface area contributed by atoms with Gasteiger partial charge in [-0.1, -0.05) is 19.3 Å². The van der Waals surface area contributed by atoms with Crippen LogP contribution in [0.4, 0.5) is 0 Å². The summed E-state index contributed by atoms with van der Waals surface area (Å²) in [6.07, 6.45) is 8.95. The number of carbonyl (C=O) groups excluding carboxylic acids is 1. The summed E-state index contributed by atoms with van der Waals surface area (Å²) >= 11 is 0. The summed E-state index contributed by atoms with van der Waals surface area (Å²) in [6, 6.07) is 0.406. The van der Waals surface area contributed by atoms with Gasteiger partial charge in [0, 0.05) is 12.0 Å². The Bertz CT molecular complexity index is 204. The molecule has 1 atom stereocenters. The lowest BCUT2D eigenvalue weighted by atomic mass is 9.84. The average molecular weight is 195 g/mol. The van der Waals surface area contributed by atoms with Crippen molar-refractivity contribution in [3.63, 3.8) is 0 Å². The van der Waals surface area contributed by atoms with E-state index in [0.29, 0.717) is 17.9 Å². The van der Waals surface area contributed by atoms with Crippen LogP contribution in [0.25, 0.3) is 0 Å². The van der Waals surface area contributed by atoms with Gasteiger partial charge in [0.1, 0.15) is 0 Å². The standard InChI is InChI=1S/C12H21NO/c1-9(10-5-3-2-4-6-10)13-12(14)11-7-8-11/h9-11H,2-8H2,1H3,(H,13,14)/t9-/m1/s1. The molecule has 2 saturated carbocycles. The molecule has 0 bridgehead atoms. The Morgan fingerprint density at radius 3 is 2.36 bits per heavy atom. The van der Waals surface area contributed by atoms with E-state index in [9.17, 15) is 4.79 Å². The number of rotatable bonds is 3. The summed E-state index contributed by atoms with van der Waals surface area (Å²) in [6.45, 7) is 2.18. The van der Waals surface area contributed by atoms with Gasteiger partial charge in [0.2, 0.25) is 5.91 Å². The van der Waals surface area contributed by atoms with Crippen LogP contribution in [0.5, 0.6) is 0 Å². The van der Waals surface area contributed by atoms with Gasteiger partial charge in [0.05, 0.1) is 0 Å². The lowest BCUT2D eigenvalue weighted by Gasteiger charge is -2.28. The fraction of sp³-hybridized carbons (Fsp3) is 0.917. The third-order valence-corrected chi connectivity index (χ3v) is 3.68. The highest BCUT2D eigenvalue weighted by molar-refractivity contribution is 5.81. The Balaban J connectivity index is 1.75. The van der Waals surface area contributed by atoms with Gasteiger partial charge in [-0.2, -0.15) is 0 Å². The molecule has 2 nitrogen and oxygen atoms in total. The molecule has 0 unspecified atom stereocenters. The van der Waals surface area contributed by atoms with Crippen LogP contribution in [0, 0.1) is 11.8 Å². The second kappa shape index (κ2) is 4.33. The van der Waals surface area contributed by atoms with Crippen LogP contribution in [0.15, 0.2) is 0 Å². The van der Waals surface area contributed by atoms with Gasteiger partial charge in [0.25, 0.3) is 0 Å². The molecule has 0 aromatic rings. The monoisotopic (exact) mass is 195 g/mol. The first-order valence-electron chi connectivity index (χ1n) is 6.08. The minimum absolute atomic E-state index is 0.308. The first-order valence-corrected chi connectivity index (χ1v) is 6.08.